The maximum atomic E-state index is 13.4. The van der Waals surface area contributed by atoms with Crippen LogP contribution in [0.2, 0.25) is 0 Å². The van der Waals surface area contributed by atoms with Gasteiger partial charge in [0, 0.05) is 21.7 Å². The van der Waals surface area contributed by atoms with Crippen LogP contribution in [-0.4, -0.2) is 24.3 Å². The lowest BCUT2D eigenvalue weighted by Gasteiger charge is -2.14. The van der Waals surface area contributed by atoms with Crippen LogP contribution < -0.4 is 4.74 Å². The van der Waals surface area contributed by atoms with Crippen molar-refractivity contribution in [2.75, 3.05) is 13.2 Å². The number of aryl methyl sites for hydroxylation is 2. The molecule has 0 aliphatic rings. The number of halogens is 2. The normalized spacial score (nSPS) is 12.5. The number of aliphatic hydroxyl groups excluding tert-OH is 1. The minimum Gasteiger partial charge on any atom is -0.482 e. The van der Waals surface area contributed by atoms with E-state index in [9.17, 15) is 18.7 Å². The van der Waals surface area contributed by atoms with Crippen LogP contribution in [0.4, 0.5) is 8.78 Å². The van der Waals surface area contributed by atoms with Gasteiger partial charge in [-0.05, 0) is 61.2 Å². The standard InChI is InChI=1S/C25H27F2O4PS/c1-4-30-24(29)14-31-21-10-7-18(11-15(21)2)20(28)13-22-16(3)12-23(33-22)17-5-8-19(9-6-17)25(26,27)32/h5-12,20,28H,4,13-14,32H2,1-3H3. The van der Waals surface area contributed by atoms with Gasteiger partial charge in [0.25, 0.3) is 5.66 Å². The minimum atomic E-state index is -2.95. The smallest absolute Gasteiger partial charge is 0.344 e. The van der Waals surface area contributed by atoms with Crippen molar-refractivity contribution in [3.8, 4) is 16.2 Å². The molecule has 0 amide bonds. The maximum absolute atomic E-state index is 13.4. The van der Waals surface area contributed by atoms with Gasteiger partial charge in [0.15, 0.2) is 6.61 Å². The SMILES string of the molecule is CCOC(=O)COc1ccc(C(O)Cc2sc(-c3ccc(C(F)(F)P)cc3)cc2C)cc1C. The lowest BCUT2D eigenvalue weighted by atomic mass is 10.0. The first-order chi connectivity index (χ1) is 15.6. The molecule has 0 aliphatic carbocycles. The maximum Gasteiger partial charge on any atom is 0.344 e. The number of carbonyl (C=O) groups is 1. The Balaban J connectivity index is 1.69. The van der Waals surface area contributed by atoms with E-state index in [0.29, 0.717) is 18.8 Å². The highest BCUT2D eigenvalue weighted by molar-refractivity contribution is 7.17. The highest BCUT2D eigenvalue weighted by atomic mass is 32.1. The van der Waals surface area contributed by atoms with Crippen molar-refractivity contribution in [1.82, 2.24) is 0 Å². The second-order valence-corrected chi connectivity index (χ2v) is 9.62. The van der Waals surface area contributed by atoms with Crippen molar-refractivity contribution in [2.45, 2.75) is 39.0 Å². The monoisotopic (exact) mass is 492 g/mol. The van der Waals surface area contributed by atoms with Crippen LogP contribution in [0.1, 0.15) is 40.2 Å². The zero-order valence-electron chi connectivity index (χ0n) is 18.7. The molecule has 0 aliphatic heterocycles. The molecule has 0 saturated carbocycles. The molecule has 33 heavy (non-hydrogen) atoms. The fraction of sp³-hybridized carbons (Fsp3) is 0.320. The molecule has 1 N–H and O–H groups in total. The Morgan fingerprint density at radius 2 is 1.82 bits per heavy atom. The highest BCUT2D eigenvalue weighted by Gasteiger charge is 2.24. The van der Waals surface area contributed by atoms with Crippen molar-refractivity contribution in [1.29, 1.82) is 0 Å². The molecule has 0 saturated heterocycles. The number of esters is 1. The van der Waals surface area contributed by atoms with Crippen molar-refractivity contribution in [2.24, 2.45) is 0 Å². The Labute approximate surface area is 198 Å². The summed E-state index contributed by atoms with van der Waals surface area (Å²) >= 11 is 1.54. The summed E-state index contributed by atoms with van der Waals surface area (Å²) in [6.45, 7) is 5.71. The second kappa shape index (κ2) is 10.7. The highest BCUT2D eigenvalue weighted by Crippen LogP contribution is 2.38. The molecule has 4 nitrogen and oxygen atoms in total. The fourth-order valence-electron chi connectivity index (χ4n) is 3.40. The Bertz CT molecular complexity index is 1110. The van der Waals surface area contributed by atoms with Crippen LogP contribution in [0, 0.1) is 13.8 Å². The summed E-state index contributed by atoms with van der Waals surface area (Å²) in [6, 6.07) is 13.6. The van der Waals surface area contributed by atoms with Crippen LogP contribution >= 0.6 is 20.6 Å². The first kappa shape index (κ1) is 25.3. The van der Waals surface area contributed by atoms with Gasteiger partial charge in [-0.15, -0.1) is 11.3 Å². The molecule has 176 valence electrons. The average molecular weight is 493 g/mol. The van der Waals surface area contributed by atoms with E-state index in [-0.39, 0.29) is 12.2 Å². The van der Waals surface area contributed by atoms with Crippen molar-refractivity contribution in [3.05, 3.63) is 75.7 Å². The molecule has 3 aromatic rings. The number of carbonyl (C=O) groups excluding carboxylic acids is 1. The Kier molecular flexibility index (Phi) is 8.22. The number of benzene rings is 2. The van der Waals surface area contributed by atoms with E-state index in [1.165, 1.54) is 12.1 Å². The summed E-state index contributed by atoms with van der Waals surface area (Å²) in [5.41, 5.74) is 0.464. The number of aliphatic hydroxyl groups is 1. The first-order valence-corrected chi connectivity index (χ1v) is 11.9. The molecular weight excluding hydrogens is 465 g/mol. The lowest BCUT2D eigenvalue weighted by molar-refractivity contribution is -0.145. The topological polar surface area (TPSA) is 55.8 Å². The number of hydrogen-bond acceptors (Lipinski definition) is 5. The van der Waals surface area contributed by atoms with E-state index in [0.717, 1.165) is 32.0 Å². The molecule has 8 heteroatoms. The molecule has 2 aromatic carbocycles. The van der Waals surface area contributed by atoms with Gasteiger partial charge in [-0.1, -0.05) is 39.6 Å². The van der Waals surface area contributed by atoms with Gasteiger partial charge in [-0.3, -0.25) is 0 Å². The Morgan fingerprint density at radius 3 is 2.42 bits per heavy atom. The van der Waals surface area contributed by atoms with Gasteiger partial charge < -0.3 is 14.6 Å². The van der Waals surface area contributed by atoms with Crippen LogP contribution in [0.25, 0.3) is 10.4 Å². The largest absolute Gasteiger partial charge is 0.482 e. The van der Waals surface area contributed by atoms with E-state index in [2.05, 4.69) is 0 Å². The molecule has 3 rings (SSSR count). The zero-order chi connectivity index (χ0) is 24.2. The summed E-state index contributed by atoms with van der Waals surface area (Å²) in [7, 11) is 1.55. The van der Waals surface area contributed by atoms with Crippen LogP contribution in [0.3, 0.4) is 0 Å². The molecule has 0 radical (unpaired) electrons. The molecule has 2 unspecified atom stereocenters. The molecule has 0 fully saturated rings. The second-order valence-electron chi connectivity index (χ2n) is 7.76. The fourth-order valence-corrected chi connectivity index (χ4v) is 4.80. The van der Waals surface area contributed by atoms with Crippen LogP contribution in [-0.2, 0) is 21.6 Å². The summed E-state index contributed by atoms with van der Waals surface area (Å²) in [5.74, 6) is 0.134. The Morgan fingerprint density at radius 1 is 1.12 bits per heavy atom. The molecular formula is C25H27F2O4PS. The van der Waals surface area contributed by atoms with E-state index in [4.69, 9.17) is 9.47 Å². The van der Waals surface area contributed by atoms with Crippen molar-refractivity contribution >= 4 is 26.5 Å². The van der Waals surface area contributed by atoms with E-state index >= 15 is 0 Å². The predicted octanol–water partition coefficient (Wildman–Crippen LogP) is 6.17. The molecule has 0 bridgehead atoms. The molecule has 2 atom stereocenters. The van der Waals surface area contributed by atoms with Crippen LogP contribution in [0.5, 0.6) is 5.75 Å². The predicted molar refractivity (Wildman–Crippen MR) is 130 cm³/mol. The van der Waals surface area contributed by atoms with Crippen molar-refractivity contribution in [3.63, 3.8) is 0 Å². The summed E-state index contributed by atoms with van der Waals surface area (Å²) < 4.78 is 37.2. The number of rotatable bonds is 9. The Hall–Kier alpha value is -2.34. The number of thiophene rings is 1. The minimum absolute atomic E-state index is 0.0507. The lowest BCUT2D eigenvalue weighted by Crippen LogP contribution is -2.15. The van der Waals surface area contributed by atoms with E-state index in [1.807, 2.05) is 26.0 Å². The van der Waals surface area contributed by atoms with Gasteiger partial charge in [0.05, 0.1) is 12.7 Å². The number of alkyl halides is 2. The van der Waals surface area contributed by atoms with Gasteiger partial charge >= 0.3 is 5.97 Å². The van der Waals surface area contributed by atoms with Gasteiger partial charge in [0.2, 0.25) is 0 Å². The van der Waals surface area contributed by atoms with Gasteiger partial charge in [0.1, 0.15) is 5.75 Å². The molecule has 1 aromatic heterocycles. The van der Waals surface area contributed by atoms with Gasteiger partial charge in [-0.25, -0.2) is 4.79 Å². The molecule has 1 heterocycles. The van der Waals surface area contributed by atoms with E-state index < -0.39 is 17.7 Å². The zero-order valence-corrected chi connectivity index (χ0v) is 20.7. The third kappa shape index (κ3) is 6.59. The van der Waals surface area contributed by atoms with E-state index in [1.54, 1.807) is 51.8 Å². The average Bonchev–Trinajstić information content (AvgIpc) is 3.12. The summed E-state index contributed by atoms with van der Waals surface area (Å²) in [6.07, 6.45) is -0.285. The third-order valence-electron chi connectivity index (χ3n) is 5.19. The summed E-state index contributed by atoms with van der Waals surface area (Å²) in [4.78, 5) is 13.5. The quantitative estimate of drug-likeness (QED) is 0.287. The number of hydrogen-bond donors (Lipinski definition) is 1. The molecule has 0 spiro atoms. The third-order valence-corrected chi connectivity index (χ3v) is 6.83. The van der Waals surface area contributed by atoms with Crippen molar-refractivity contribution < 1.29 is 28.2 Å². The number of ether oxygens (including phenoxy) is 2. The van der Waals surface area contributed by atoms with Gasteiger partial charge in [-0.2, -0.15) is 8.78 Å². The summed E-state index contributed by atoms with van der Waals surface area (Å²) in [5, 5.41) is 10.8. The first-order valence-electron chi connectivity index (χ1n) is 10.5. The van der Waals surface area contributed by atoms with Crippen LogP contribution in [0.15, 0.2) is 48.5 Å².